The van der Waals surface area contributed by atoms with E-state index in [0.717, 1.165) is 12.4 Å². The summed E-state index contributed by atoms with van der Waals surface area (Å²) in [6.45, 7) is 19.9. The molecular formula is C23H32N2O. The molecule has 0 bridgehead atoms. The standard InChI is InChI=1S/C23H32N2O/c1-16-9-11-19(23(6,7)8)13-20(16)25(15-22(3,4)5)21-12-10-18(14-24-21)17(2)26/h9-14,26H,2,15H2,1,3-8H3. The summed E-state index contributed by atoms with van der Waals surface area (Å²) in [4.78, 5) is 6.87. The van der Waals surface area contributed by atoms with Crippen molar-refractivity contribution in [1.29, 1.82) is 0 Å². The van der Waals surface area contributed by atoms with Crippen LogP contribution in [0.1, 0.15) is 58.2 Å². The molecule has 0 spiro atoms. The Morgan fingerprint density at radius 2 is 1.73 bits per heavy atom. The predicted octanol–water partition coefficient (Wildman–Crippen LogP) is 6.40. The number of rotatable bonds is 4. The maximum atomic E-state index is 9.58. The number of benzene rings is 1. The minimum Gasteiger partial charge on any atom is -0.508 e. The van der Waals surface area contributed by atoms with E-state index in [1.807, 2.05) is 12.1 Å². The minimum atomic E-state index is 0.0392. The number of pyridine rings is 1. The first-order valence-corrected chi connectivity index (χ1v) is 9.11. The van der Waals surface area contributed by atoms with Crippen LogP contribution in [0.3, 0.4) is 0 Å². The molecule has 2 aromatic rings. The first kappa shape index (κ1) is 20.0. The number of nitrogens with zero attached hydrogens (tertiary/aromatic N) is 2. The van der Waals surface area contributed by atoms with Gasteiger partial charge in [-0.25, -0.2) is 4.98 Å². The van der Waals surface area contributed by atoms with Crippen LogP contribution in [0, 0.1) is 12.3 Å². The van der Waals surface area contributed by atoms with Gasteiger partial charge in [-0.3, -0.25) is 0 Å². The van der Waals surface area contributed by atoms with Gasteiger partial charge in [-0.15, -0.1) is 0 Å². The Bertz CT molecular complexity index is 777. The molecule has 0 aliphatic carbocycles. The van der Waals surface area contributed by atoms with Crippen LogP contribution in [-0.4, -0.2) is 16.6 Å². The first-order valence-electron chi connectivity index (χ1n) is 9.11. The molecule has 1 heterocycles. The lowest BCUT2D eigenvalue weighted by atomic mass is 9.86. The average Bonchev–Trinajstić information content (AvgIpc) is 2.51. The van der Waals surface area contributed by atoms with E-state index in [1.165, 1.54) is 16.8 Å². The Morgan fingerprint density at radius 1 is 1.08 bits per heavy atom. The molecule has 0 amide bonds. The quantitative estimate of drug-likeness (QED) is 0.647. The third-order valence-electron chi connectivity index (χ3n) is 4.36. The van der Waals surface area contributed by atoms with Gasteiger partial charge in [0.25, 0.3) is 0 Å². The van der Waals surface area contributed by atoms with Gasteiger partial charge in [0.2, 0.25) is 0 Å². The number of aromatic nitrogens is 1. The number of aryl methyl sites for hydroxylation is 1. The van der Waals surface area contributed by atoms with Crippen molar-refractivity contribution < 1.29 is 5.11 Å². The summed E-state index contributed by atoms with van der Waals surface area (Å²) in [6, 6.07) is 10.5. The zero-order valence-electron chi connectivity index (χ0n) is 17.2. The van der Waals surface area contributed by atoms with Crippen molar-refractivity contribution in [3.63, 3.8) is 0 Å². The lowest BCUT2D eigenvalue weighted by Gasteiger charge is -2.33. The molecule has 1 N–H and O–H groups in total. The lowest BCUT2D eigenvalue weighted by Crippen LogP contribution is -2.30. The Kier molecular flexibility index (Phi) is 5.50. The molecule has 0 unspecified atom stereocenters. The molecule has 0 aliphatic rings. The Morgan fingerprint density at radius 3 is 2.19 bits per heavy atom. The van der Waals surface area contributed by atoms with E-state index >= 15 is 0 Å². The summed E-state index contributed by atoms with van der Waals surface area (Å²) in [6.07, 6.45) is 1.68. The molecule has 1 aromatic carbocycles. The van der Waals surface area contributed by atoms with Gasteiger partial charge in [-0.05, 0) is 47.1 Å². The van der Waals surface area contributed by atoms with E-state index in [9.17, 15) is 5.11 Å². The Balaban J connectivity index is 2.57. The summed E-state index contributed by atoms with van der Waals surface area (Å²) in [5.41, 5.74) is 4.53. The van der Waals surface area contributed by atoms with E-state index in [2.05, 4.69) is 83.1 Å². The zero-order valence-corrected chi connectivity index (χ0v) is 17.2. The monoisotopic (exact) mass is 352 g/mol. The third kappa shape index (κ3) is 4.87. The van der Waals surface area contributed by atoms with E-state index in [1.54, 1.807) is 6.20 Å². The number of hydrogen-bond acceptors (Lipinski definition) is 3. The third-order valence-corrected chi connectivity index (χ3v) is 4.36. The van der Waals surface area contributed by atoms with E-state index in [4.69, 9.17) is 0 Å². The predicted molar refractivity (Wildman–Crippen MR) is 112 cm³/mol. The van der Waals surface area contributed by atoms with Crippen molar-refractivity contribution in [2.75, 3.05) is 11.4 Å². The van der Waals surface area contributed by atoms with Crippen molar-refractivity contribution >= 4 is 17.3 Å². The molecule has 0 saturated carbocycles. The van der Waals surface area contributed by atoms with Crippen molar-refractivity contribution in [1.82, 2.24) is 4.98 Å². The molecule has 0 saturated heterocycles. The van der Waals surface area contributed by atoms with Gasteiger partial charge in [-0.2, -0.15) is 0 Å². The zero-order chi connectivity index (χ0) is 19.7. The largest absolute Gasteiger partial charge is 0.508 e. The van der Waals surface area contributed by atoms with Crippen LogP contribution in [-0.2, 0) is 5.41 Å². The van der Waals surface area contributed by atoms with Gasteiger partial charge < -0.3 is 10.0 Å². The number of hydrogen-bond donors (Lipinski definition) is 1. The highest BCUT2D eigenvalue weighted by molar-refractivity contribution is 5.66. The minimum absolute atomic E-state index is 0.0392. The molecule has 3 heteroatoms. The van der Waals surface area contributed by atoms with Gasteiger partial charge in [-0.1, -0.05) is 60.3 Å². The maximum Gasteiger partial charge on any atom is 0.132 e. The molecule has 2 rings (SSSR count). The van der Waals surface area contributed by atoms with E-state index < -0.39 is 0 Å². The van der Waals surface area contributed by atoms with Gasteiger partial charge in [0.05, 0.1) is 0 Å². The van der Waals surface area contributed by atoms with Crippen LogP contribution >= 0.6 is 0 Å². The highest BCUT2D eigenvalue weighted by atomic mass is 16.3. The number of aliphatic hydroxyl groups is 1. The Hall–Kier alpha value is -2.29. The Labute approximate surface area is 158 Å². The molecular weight excluding hydrogens is 320 g/mol. The van der Waals surface area contributed by atoms with Crippen LogP contribution in [0.25, 0.3) is 5.76 Å². The van der Waals surface area contributed by atoms with Crippen molar-refractivity contribution in [3.8, 4) is 0 Å². The summed E-state index contributed by atoms with van der Waals surface area (Å²) in [5, 5.41) is 9.58. The van der Waals surface area contributed by atoms with Gasteiger partial charge in [0.15, 0.2) is 0 Å². The normalized spacial score (nSPS) is 12.1. The van der Waals surface area contributed by atoms with Crippen LogP contribution in [0.15, 0.2) is 43.1 Å². The van der Waals surface area contributed by atoms with E-state index in [-0.39, 0.29) is 16.6 Å². The second kappa shape index (κ2) is 7.14. The topological polar surface area (TPSA) is 36.4 Å². The summed E-state index contributed by atoms with van der Waals surface area (Å²) in [5.74, 6) is 0.913. The first-order chi connectivity index (χ1) is 11.9. The van der Waals surface area contributed by atoms with Crippen LogP contribution in [0.2, 0.25) is 0 Å². The number of anilines is 2. The fourth-order valence-electron chi connectivity index (χ4n) is 2.85. The summed E-state index contributed by atoms with van der Waals surface area (Å²) >= 11 is 0. The second-order valence-corrected chi connectivity index (χ2v) is 9.25. The van der Waals surface area contributed by atoms with Crippen molar-refractivity contribution in [3.05, 3.63) is 59.8 Å². The smallest absolute Gasteiger partial charge is 0.132 e. The second-order valence-electron chi connectivity index (χ2n) is 9.25. The molecule has 1 aromatic heterocycles. The summed E-state index contributed by atoms with van der Waals surface area (Å²) in [7, 11) is 0. The van der Waals surface area contributed by atoms with Crippen LogP contribution in [0.4, 0.5) is 11.5 Å². The fourth-order valence-corrected chi connectivity index (χ4v) is 2.85. The molecule has 26 heavy (non-hydrogen) atoms. The van der Waals surface area contributed by atoms with Crippen LogP contribution < -0.4 is 4.90 Å². The highest BCUT2D eigenvalue weighted by Gasteiger charge is 2.23. The van der Waals surface area contributed by atoms with Crippen molar-refractivity contribution in [2.45, 2.75) is 53.9 Å². The number of aliphatic hydroxyl groups excluding tert-OH is 1. The molecule has 140 valence electrons. The lowest BCUT2D eigenvalue weighted by molar-refractivity contribution is 0.423. The summed E-state index contributed by atoms with van der Waals surface area (Å²) < 4.78 is 0. The fraction of sp³-hybridized carbons (Fsp3) is 0.435. The molecule has 3 nitrogen and oxygen atoms in total. The van der Waals surface area contributed by atoms with Gasteiger partial charge in [0, 0.05) is 24.0 Å². The maximum absolute atomic E-state index is 9.58. The van der Waals surface area contributed by atoms with Crippen LogP contribution in [0.5, 0.6) is 0 Å². The van der Waals surface area contributed by atoms with Gasteiger partial charge in [0.1, 0.15) is 11.6 Å². The average molecular weight is 353 g/mol. The SMILES string of the molecule is C=C(O)c1ccc(N(CC(C)(C)C)c2cc(C(C)(C)C)ccc2C)nc1. The highest BCUT2D eigenvalue weighted by Crippen LogP contribution is 2.34. The van der Waals surface area contributed by atoms with E-state index in [0.29, 0.717) is 5.56 Å². The molecule has 0 atom stereocenters. The van der Waals surface area contributed by atoms with Gasteiger partial charge >= 0.3 is 0 Å². The molecule has 0 fully saturated rings. The van der Waals surface area contributed by atoms with Crippen molar-refractivity contribution in [2.24, 2.45) is 5.41 Å². The molecule has 0 radical (unpaired) electrons. The molecule has 0 aliphatic heterocycles.